The molecular formula is C27H23ClN4O3S. The normalized spacial score (nSPS) is 11.2. The highest BCUT2D eigenvalue weighted by atomic mass is 35.5. The van der Waals surface area contributed by atoms with Crippen molar-refractivity contribution in [2.24, 2.45) is 0 Å². The third kappa shape index (κ3) is 4.45. The van der Waals surface area contributed by atoms with E-state index in [1.165, 1.54) is 16.3 Å². The number of ether oxygens (including phenoxy) is 1. The number of amides is 1. The van der Waals surface area contributed by atoms with Gasteiger partial charge in [-0.1, -0.05) is 53.7 Å². The van der Waals surface area contributed by atoms with E-state index in [9.17, 15) is 9.59 Å². The Bertz CT molecular complexity index is 1690. The Labute approximate surface area is 216 Å². The number of hydrogen-bond donors (Lipinski definition) is 2. The van der Waals surface area contributed by atoms with E-state index in [0.29, 0.717) is 38.3 Å². The van der Waals surface area contributed by atoms with Gasteiger partial charge in [-0.3, -0.25) is 9.59 Å². The molecule has 0 saturated carbocycles. The van der Waals surface area contributed by atoms with Gasteiger partial charge in [-0.2, -0.15) is 0 Å². The van der Waals surface area contributed by atoms with Gasteiger partial charge in [0, 0.05) is 21.6 Å². The van der Waals surface area contributed by atoms with Crippen LogP contribution in [0.15, 0.2) is 70.6 Å². The van der Waals surface area contributed by atoms with Crippen LogP contribution < -0.4 is 15.6 Å². The number of para-hydroxylation sites is 1. The molecule has 36 heavy (non-hydrogen) atoms. The number of halogens is 1. The molecule has 0 bridgehead atoms. The standard InChI is InChI=1S/C27H23ClN4O3S/c1-15-8-11-22(35-3)21(12-15)32-26(34)25-24(18-6-4-5-7-20(18)30-25)31-27(32)36-14-23(33)29-17-10-9-16(2)19(28)13-17/h4-13,30H,14H2,1-3H3,(H,29,33). The Hall–Kier alpha value is -3.75. The predicted molar refractivity (Wildman–Crippen MR) is 146 cm³/mol. The fourth-order valence-electron chi connectivity index (χ4n) is 4.02. The molecule has 2 N–H and O–H groups in total. The fourth-order valence-corrected chi connectivity index (χ4v) is 5.00. The van der Waals surface area contributed by atoms with Gasteiger partial charge < -0.3 is 15.0 Å². The molecule has 0 atom stereocenters. The molecule has 2 aromatic heterocycles. The lowest BCUT2D eigenvalue weighted by Crippen LogP contribution is -2.23. The number of aromatic amines is 1. The molecule has 1 amide bonds. The van der Waals surface area contributed by atoms with E-state index in [1.807, 2.05) is 62.4 Å². The lowest BCUT2D eigenvalue weighted by Gasteiger charge is -2.15. The first kappa shape index (κ1) is 24.0. The molecule has 0 aliphatic carbocycles. The molecule has 0 radical (unpaired) electrons. The number of H-pyrrole nitrogens is 1. The number of carbonyl (C=O) groups is 1. The number of fused-ring (bicyclic) bond motifs is 3. The third-order valence-corrected chi connectivity index (χ3v) is 7.20. The van der Waals surface area contributed by atoms with Crippen LogP contribution in [0.3, 0.4) is 0 Å². The highest BCUT2D eigenvalue weighted by molar-refractivity contribution is 7.99. The maximum atomic E-state index is 13.8. The first-order chi connectivity index (χ1) is 17.4. The smallest absolute Gasteiger partial charge is 0.283 e. The summed E-state index contributed by atoms with van der Waals surface area (Å²) in [7, 11) is 1.56. The number of thioether (sulfide) groups is 1. The Morgan fingerprint density at radius 1 is 1.14 bits per heavy atom. The zero-order valence-electron chi connectivity index (χ0n) is 19.9. The topological polar surface area (TPSA) is 89.0 Å². The first-order valence-corrected chi connectivity index (χ1v) is 12.6. The maximum Gasteiger partial charge on any atom is 0.283 e. The maximum absolute atomic E-state index is 13.8. The molecule has 7 nitrogen and oxygen atoms in total. The second-order valence-corrected chi connectivity index (χ2v) is 9.75. The molecule has 2 heterocycles. The van der Waals surface area contributed by atoms with Crippen molar-refractivity contribution in [3.05, 3.63) is 87.2 Å². The second-order valence-electron chi connectivity index (χ2n) is 8.41. The number of aryl methyl sites for hydroxylation is 2. The molecule has 3 aromatic carbocycles. The number of rotatable bonds is 6. The van der Waals surface area contributed by atoms with E-state index in [-0.39, 0.29) is 17.2 Å². The van der Waals surface area contributed by atoms with Crippen LogP contribution in [0.1, 0.15) is 11.1 Å². The monoisotopic (exact) mass is 518 g/mol. The van der Waals surface area contributed by atoms with Crippen molar-refractivity contribution in [2.75, 3.05) is 18.2 Å². The van der Waals surface area contributed by atoms with Gasteiger partial charge in [-0.15, -0.1) is 0 Å². The summed E-state index contributed by atoms with van der Waals surface area (Å²) in [5.74, 6) is 0.330. The van der Waals surface area contributed by atoms with Crippen LogP contribution in [-0.4, -0.2) is 33.3 Å². The molecule has 0 fully saturated rings. The van der Waals surface area contributed by atoms with Gasteiger partial charge in [0.25, 0.3) is 5.56 Å². The number of carbonyl (C=O) groups excluding carboxylic acids is 1. The highest BCUT2D eigenvalue weighted by Gasteiger charge is 2.20. The van der Waals surface area contributed by atoms with Crippen molar-refractivity contribution in [1.82, 2.24) is 14.5 Å². The lowest BCUT2D eigenvalue weighted by atomic mass is 10.2. The molecule has 5 aromatic rings. The van der Waals surface area contributed by atoms with Gasteiger partial charge >= 0.3 is 0 Å². The van der Waals surface area contributed by atoms with Crippen molar-refractivity contribution in [3.8, 4) is 11.4 Å². The number of nitrogens with one attached hydrogen (secondary N) is 2. The van der Waals surface area contributed by atoms with Crippen LogP contribution in [0.4, 0.5) is 5.69 Å². The van der Waals surface area contributed by atoms with Crippen LogP contribution in [0.25, 0.3) is 27.6 Å². The first-order valence-electron chi connectivity index (χ1n) is 11.2. The molecule has 182 valence electrons. The quantitative estimate of drug-likeness (QED) is 0.216. The Morgan fingerprint density at radius 3 is 2.72 bits per heavy atom. The molecule has 0 unspecified atom stereocenters. The summed E-state index contributed by atoms with van der Waals surface area (Å²) in [6.07, 6.45) is 0. The van der Waals surface area contributed by atoms with Crippen molar-refractivity contribution in [1.29, 1.82) is 0 Å². The molecule has 9 heteroatoms. The summed E-state index contributed by atoms with van der Waals surface area (Å²) in [6.45, 7) is 3.84. The van der Waals surface area contributed by atoms with Crippen molar-refractivity contribution < 1.29 is 9.53 Å². The van der Waals surface area contributed by atoms with E-state index in [1.54, 1.807) is 19.2 Å². The SMILES string of the molecule is COc1ccc(C)cc1-n1c(SCC(=O)Nc2ccc(C)c(Cl)c2)nc2c([nH]c3ccccc32)c1=O. The van der Waals surface area contributed by atoms with Gasteiger partial charge in [-0.05, 0) is 55.3 Å². The average Bonchev–Trinajstić information content (AvgIpc) is 3.24. The van der Waals surface area contributed by atoms with Gasteiger partial charge in [-0.25, -0.2) is 9.55 Å². The summed E-state index contributed by atoms with van der Waals surface area (Å²) in [4.78, 5) is 34.7. The van der Waals surface area contributed by atoms with E-state index >= 15 is 0 Å². The van der Waals surface area contributed by atoms with E-state index < -0.39 is 0 Å². The van der Waals surface area contributed by atoms with Gasteiger partial charge in [0.05, 0.1) is 18.6 Å². The molecule has 0 aliphatic heterocycles. The van der Waals surface area contributed by atoms with Crippen LogP contribution in [0.5, 0.6) is 5.75 Å². The fraction of sp³-hybridized carbons (Fsp3) is 0.148. The largest absolute Gasteiger partial charge is 0.495 e. The number of aromatic nitrogens is 3. The molecule has 5 rings (SSSR count). The number of methoxy groups -OCH3 is 1. The molecular weight excluding hydrogens is 496 g/mol. The minimum Gasteiger partial charge on any atom is -0.495 e. The van der Waals surface area contributed by atoms with Crippen molar-refractivity contribution >= 4 is 56.9 Å². The van der Waals surface area contributed by atoms with Crippen molar-refractivity contribution in [3.63, 3.8) is 0 Å². The highest BCUT2D eigenvalue weighted by Crippen LogP contribution is 2.30. The number of anilines is 1. The van der Waals surface area contributed by atoms with E-state index in [2.05, 4.69) is 10.3 Å². The number of hydrogen-bond acceptors (Lipinski definition) is 5. The molecule has 0 saturated heterocycles. The Kier molecular flexibility index (Phi) is 6.47. The zero-order chi connectivity index (χ0) is 25.4. The third-order valence-electron chi connectivity index (χ3n) is 5.86. The summed E-state index contributed by atoms with van der Waals surface area (Å²) in [5.41, 5.74) is 4.55. The van der Waals surface area contributed by atoms with Crippen LogP contribution >= 0.6 is 23.4 Å². The summed E-state index contributed by atoms with van der Waals surface area (Å²) < 4.78 is 7.07. The predicted octanol–water partition coefficient (Wildman–Crippen LogP) is 5.88. The zero-order valence-corrected chi connectivity index (χ0v) is 21.5. The van der Waals surface area contributed by atoms with Crippen LogP contribution in [0, 0.1) is 13.8 Å². The number of benzene rings is 3. The van der Waals surface area contributed by atoms with Crippen molar-refractivity contribution in [2.45, 2.75) is 19.0 Å². The van der Waals surface area contributed by atoms with E-state index in [4.69, 9.17) is 21.3 Å². The summed E-state index contributed by atoms with van der Waals surface area (Å²) in [6, 6.07) is 18.6. The molecule has 0 spiro atoms. The van der Waals surface area contributed by atoms with Gasteiger partial charge in [0.1, 0.15) is 16.8 Å². The minimum absolute atomic E-state index is 0.0416. The molecule has 0 aliphatic rings. The Morgan fingerprint density at radius 2 is 1.94 bits per heavy atom. The minimum atomic E-state index is -0.270. The summed E-state index contributed by atoms with van der Waals surface area (Å²) >= 11 is 7.37. The average molecular weight is 519 g/mol. The van der Waals surface area contributed by atoms with Crippen LogP contribution in [0.2, 0.25) is 5.02 Å². The van der Waals surface area contributed by atoms with Gasteiger partial charge in [0.2, 0.25) is 5.91 Å². The lowest BCUT2D eigenvalue weighted by molar-refractivity contribution is -0.113. The van der Waals surface area contributed by atoms with Gasteiger partial charge in [0.15, 0.2) is 5.16 Å². The number of nitrogens with zero attached hydrogens (tertiary/aromatic N) is 2. The summed E-state index contributed by atoms with van der Waals surface area (Å²) in [5, 5.41) is 4.66. The van der Waals surface area contributed by atoms with E-state index in [0.717, 1.165) is 22.0 Å². The Balaban J connectivity index is 1.59. The second kappa shape index (κ2) is 9.72. The van der Waals surface area contributed by atoms with Crippen LogP contribution in [-0.2, 0) is 4.79 Å².